The van der Waals surface area contributed by atoms with Crippen molar-refractivity contribution in [2.24, 2.45) is 5.73 Å². The molecule has 0 saturated carbocycles. The molecule has 0 heterocycles. The minimum atomic E-state index is -0.482. The van der Waals surface area contributed by atoms with E-state index in [1.165, 1.54) is 0 Å². The van der Waals surface area contributed by atoms with Crippen LogP contribution in [0, 0.1) is 0 Å². The minimum Gasteiger partial charge on any atom is -0.325 e. The summed E-state index contributed by atoms with van der Waals surface area (Å²) in [5.74, 6) is 0.688. The predicted molar refractivity (Wildman–Crippen MR) is 78.8 cm³/mol. The van der Waals surface area contributed by atoms with Crippen LogP contribution in [0.1, 0.15) is 6.42 Å². The SMILES string of the molecule is CSCC[C@@H](N)C(=O)Nc1ccc(Br)c(Cl)c1. The van der Waals surface area contributed by atoms with Gasteiger partial charge in [0.25, 0.3) is 0 Å². The van der Waals surface area contributed by atoms with Crippen molar-refractivity contribution in [2.75, 3.05) is 17.3 Å². The number of nitrogens with two attached hydrogens (primary N) is 1. The Labute approximate surface area is 119 Å². The molecule has 0 aliphatic heterocycles. The van der Waals surface area contributed by atoms with Gasteiger partial charge in [-0.1, -0.05) is 11.6 Å². The van der Waals surface area contributed by atoms with Crippen molar-refractivity contribution >= 4 is 50.9 Å². The maximum atomic E-state index is 11.7. The number of anilines is 1. The summed E-state index contributed by atoms with van der Waals surface area (Å²) in [4.78, 5) is 11.7. The molecule has 1 aromatic rings. The average molecular weight is 338 g/mol. The van der Waals surface area contributed by atoms with Crippen LogP contribution in [0.2, 0.25) is 5.02 Å². The fourth-order valence-corrected chi connectivity index (χ4v) is 2.10. The fourth-order valence-electron chi connectivity index (χ4n) is 1.18. The van der Waals surface area contributed by atoms with Crippen molar-refractivity contribution in [3.63, 3.8) is 0 Å². The number of hydrogen-bond acceptors (Lipinski definition) is 3. The van der Waals surface area contributed by atoms with Gasteiger partial charge in [-0.2, -0.15) is 11.8 Å². The second kappa shape index (κ2) is 7.26. The van der Waals surface area contributed by atoms with Crippen molar-refractivity contribution in [1.82, 2.24) is 0 Å². The molecule has 1 atom stereocenters. The van der Waals surface area contributed by atoms with Crippen LogP contribution in [0.25, 0.3) is 0 Å². The van der Waals surface area contributed by atoms with Gasteiger partial charge in [-0.05, 0) is 52.6 Å². The van der Waals surface area contributed by atoms with Crippen molar-refractivity contribution in [1.29, 1.82) is 0 Å². The lowest BCUT2D eigenvalue weighted by Gasteiger charge is -2.12. The van der Waals surface area contributed by atoms with Gasteiger partial charge in [0.15, 0.2) is 0 Å². The third-order valence-electron chi connectivity index (χ3n) is 2.16. The molecule has 1 amide bonds. The first-order valence-corrected chi connectivity index (χ1v) is 7.61. The molecule has 0 spiro atoms. The Morgan fingerprint density at radius 3 is 2.94 bits per heavy atom. The summed E-state index contributed by atoms with van der Waals surface area (Å²) < 4.78 is 0.795. The summed E-state index contributed by atoms with van der Waals surface area (Å²) in [6.45, 7) is 0. The highest BCUT2D eigenvalue weighted by molar-refractivity contribution is 9.10. The molecule has 0 bridgehead atoms. The largest absolute Gasteiger partial charge is 0.325 e. The van der Waals surface area contributed by atoms with Gasteiger partial charge >= 0.3 is 0 Å². The Hall–Kier alpha value is -0.230. The minimum absolute atomic E-state index is 0.183. The Balaban J connectivity index is 2.58. The average Bonchev–Trinajstić information content (AvgIpc) is 2.30. The lowest BCUT2D eigenvalue weighted by atomic mass is 10.2. The normalized spacial score (nSPS) is 12.2. The van der Waals surface area contributed by atoms with Crippen LogP contribution in [0.5, 0.6) is 0 Å². The van der Waals surface area contributed by atoms with Gasteiger partial charge in [-0.3, -0.25) is 4.79 Å². The molecule has 3 nitrogen and oxygen atoms in total. The smallest absolute Gasteiger partial charge is 0.241 e. The highest BCUT2D eigenvalue weighted by atomic mass is 79.9. The lowest BCUT2D eigenvalue weighted by Crippen LogP contribution is -2.36. The van der Waals surface area contributed by atoms with E-state index >= 15 is 0 Å². The van der Waals surface area contributed by atoms with Crippen LogP contribution < -0.4 is 11.1 Å². The lowest BCUT2D eigenvalue weighted by molar-refractivity contribution is -0.117. The molecule has 0 saturated heterocycles. The number of hydrogen-bond donors (Lipinski definition) is 2. The molecule has 0 aliphatic rings. The third-order valence-corrected chi connectivity index (χ3v) is 4.03. The number of thioether (sulfide) groups is 1. The number of carbonyl (C=O) groups excluding carboxylic acids is 1. The molecule has 17 heavy (non-hydrogen) atoms. The number of nitrogens with one attached hydrogen (secondary N) is 1. The molecule has 1 rings (SSSR count). The Morgan fingerprint density at radius 2 is 2.35 bits per heavy atom. The van der Waals surface area contributed by atoms with Gasteiger partial charge in [0.05, 0.1) is 11.1 Å². The first-order chi connectivity index (χ1) is 8.04. The van der Waals surface area contributed by atoms with E-state index in [2.05, 4.69) is 21.2 Å². The predicted octanol–water partition coefficient (Wildman–Crippen LogP) is 3.12. The van der Waals surface area contributed by atoms with E-state index in [9.17, 15) is 4.79 Å². The zero-order chi connectivity index (χ0) is 12.8. The van der Waals surface area contributed by atoms with E-state index in [1.807, 2.05) is 6.26 Å². The second-order valence-electron chi connectivity index (χ2n) is 3.51. The monoisotopic (exact) mass is 336 g/mol. The highest BCUT2D eigenvalue weighted by Gasteiger charge is 2.13. The van der Waals surface area contributed by atoms with Crippen molar-refractivity contribution < 1.29 is 4.79 Å². The summed E-state index contributed by atoms with van der Waals surface area (Å²) in [7, 11) is 0. The summed E-state index contributed by atoms with van der Waals surface area (Å²) in [6.07, 6.45) is 2.65. The zero-order valence-electron chi connectivity index (χ0n) is 9.37. The standard InChI is InChI=1S/C11H14BrClN2OS/c1-17-5-4-10(14)11(16)15-7-2-3-8(12)9(13)6-7/h2-3,6,10H,4-5,14H2,1H3,(H,15,16)/t10-/m1/s1. The van der Waals surface area contributed by atoms with Gasteiger partial charge in [0.2, 0.25) is 5.91 Å². The van der Waals surface area contributed by atoms with Gasteiger partial charge in [0.1, 0.15) is 0 Å². The summed E-state index contributed by atoms with van der Waals surface area (Å²) >= 11 is 10.9. The molecule has 6 heteroatoms. The molecule has 94 valence electrons. The van der Waals surface area contributed by atoms with Crippen molar-refractivity contribution in [2.45, 2.75) is 12.5 Å². The Morgan fingerprint density at radius 1 is 1.65 bits per heavy atom. The fraction of sp³-hybridized carbons (Fsp3) is 0.364. The molecule has 0 radical (unpaired) electrons. The van der Waals surface area contributed by atoms with Crippen LogP contribution in [0.4, 0.5) is 5.69 Å². The second-order valence-corrected chi connectivity index (χ2v) is 5.75. The molecular formula is C11H14BrClN2OS. The van der Waals surface area contributed by atoms with E-state index < -0.39 is 6.04 Å². The number of amides is 1. The molecular weight excluding hydrogens is 324 g/mol. The summed E-state index contributed by atoms with van der Waals surface area (Å²) in [6, 6.07) is 4.76. The summed E-state index contributed by atoms with van der Waals surface area (Å²) in [5, 5.41) is 3.30. The quantitative estimate of drug-likeness (QED) is 0.868. The summed E-state index contributed by atoms with van der Waals surface area (Å²) in [5.41, 5.74) is 6.41. The molecule has 0 aliphatic carbocycles. The first kappa shape index (κ1) is 14.8. The highest BCUT2D eigenvalue weighted by Crippen LogP contribution is 2.25. The molecule has 0 aromatic heterocycles. The number of rotatable bonds is 5. The van der Waals surface area contributed by atoms with Crippen LogP contribution in [0.3, 0.4) is 0 Å². The Bertz CT molecular complexity index is 403. The van der Waals surface area contributed by atoms with E-state index in [1.54, 1.807) is 30.0 Å². The molecule has 3 N–H and O–H groups in total. The van der Waals surface area contributed by atoms with Crippen molar-refractivity contribution in [3.05, 3.63) is 27.7 Å². The first-order valence-electron chi connectivity index (χ1n) is 5.05. The van der Waals surface area contributed by atoms with E-state index in [4.69, 9.17) is 17.3 Å². The molecule has 0 fully saturated rings. The van der Waals surface area contributed by atoms with E-state index in [0.29, 0.717) is 17.1 Å². The van der Waals surface area contributed by atoms with Gasteiger partial charge in [-0.25, -0.2) is 0 Å². The Kier molecular flexibility index (Phi) is 6.33. The maximum absolute atomic E-state index is 11.7. The van der Waals surface area contributed by atoms with Gasteiger partial charge in [0, 0.05) is 10.2 Å². The topological polar surface area (TPSA) is 55.1 Å². The van der Waals surface area contributed by atoms with Gasteiger partial charge < -0.3 is 11.1 Å². The number of carbonyl (C=O) groups is 1. The van der Waals surface area contributed by atoms with Crippen molar-refractivity contribution in [3.8, 4) is 0 Å². The van der Waals surface area contributed by atoms with E-state index in [-0.39, 0.29) is 5.91 Å². The number of halogens is 2. The molecule has 1 aromatic carbocycles. The third kappa shape index (κ3) is 4.87. The van der Waals surface area contributed by atoms with Crippen LogP contribution >= 0.6 is 39.3 Å². The zero-order valence-corrected chi connectivity index (χ0v) is 12.5. The maximum Gasteiger partial charge on any atom is 0.241 e. The van der Waals surface area contributed by atoms with Crippen LogP contribution in [0.15, 0.2) is 22.7 Å². The van der Waals surface area contributed by atoms with E-state index in [0.717, 1.165) is 10.2 Å². The van der Waals surface area contributed by atoms with Crippen LogP contribution in [-0.2, 0) is 4.79 Å². The number of benzene rings is 1. The van der Waals surface area contributed by atoms with Crippen LogP contribution in [-0.4, -0.2) is 24.0 Å². The molecule has 0 unspecified atom stereocenters. The van der Waals surface area contributed by atoms with Gasteiger partial charge in [-0.15, -0.1) is 0 Å².